The van der Waals surface area contributed by atoms with E-state index in [1.54, 1.807) is 31.4 Å². The molecule has 18 heavy (non-hydrogen) atoms. The van der Waals surface area contributed by atoms with Gasteiger partial charge in [0.2, 0.25) is 5.91 Å². The Morgan fingerprint density at radius 1 is 1.61 bits per heavy atom. The van der Waals surface area contributed by atoms with E-state index in [4.69, 9.17) is 0 Å². The van der Waals surface area contributed by atoms with Gasteiger partial charge in [-0.15, -0.1) is 0 Å². The zero-order valence-electron chi connectivity index (χ0n) is 10.5. The second-order valence-electron chi connectivity index (χ2n) is 4.19. The van der Waals surface area contributed by atoms with Crippen molar-refractivity contribution >= 4 is 11.7 Å². The zero-order valence-corrected chi connectivity index (χ0v) is 10.5. The predicted molar refractivity (Wildman–Crippen MR) is 67.5 cm³/mol. The fourth-order valence-corrected chi connectivity index (χ4v) is 2.04. The van der Waals surface area contributed by atoms with Crippen LogP contribution >= 0.6 is 0 Å². The topological polar surface area (TPSA) is 79.3 Å². The maximum absolute atomic E-state index is 12.0. The monoisotopic (exact) mass is 251 g/mol. The van der Waals surface area contributed by atoms with Gasteiger partial charge in [-0.2, -0.15) is 0 Å². The first kappa shape index (κ1) is 12.6. The Labute approximate surface area is 105 Å². The van der Waals surface area contributed by atoms with Crippen LogP contribution in [0.2, 0.25) is 0 Å². The molecular weight excluding hydrogens is 234 g/mol. The molecule has 7 heteroatoms. The fraction of sp³-hybridized carbons (Fsp3) is 0.545. The van der Waals surface area contributed by atoms with E-state index in [1.165, 1.54) is 4.57 Å². The summed E-state index contributed by atoms with van der Waals surface area (Å²) >= 11 is 0. The van der Waals surface area contributed by atoms with E-state index in [0.29, 0.717) is 18.9 Å². The quantitative estimate of drug-likeness (QED) is 0.655. The summed E-state index contributed by atoms with van der Waals surface area (Å²) in [6.45, 7) is 1.83. The summed E-state index contributed by atoms with van der Waals surface area (Å²) < 4.78 is 1.46. The highest BCUT2D eigenvalue weighted by atomic mass is 16.2. The number of anilines is 1. The summed E-state index contributed by atoms with van der Waals surface area (Å²) in [7, 11) is 3.26. The molecule has 1 unspecified atom stereocenters. The Kier molecular flexibility index (Phi) is 3.61. The Hall–Kier alpha value is -1.89. The van der Waals surface area contributed by atoms with Crippen LogP contribution in [0.15, 0.2) is 17.2 Å². The number of hydrogen-bond acceptors (Lipinski definition) is 5. The molecule has 2 N–H and O–H groups in total. The van der Waals surface area contributed by atoms with E-state index < -0.39 is 6.04 Å². The van der Waals surface area contributed by atoms with E-state index >= 15 is 0 Å². The average molecular weight is 251 g/mol. The molecule has 7 nitrogen and oxygen atoms in total. The standard InChI is InChI=1S/C11H17N5O2/c1-12-10(17)8-7-13-3-6-16(8)9-11(18)15(2)5-4-14-9/h4-5,8,13H,3,6-7H2,1-2H3,(H,12,17). The highest BCUT2D eigenvalue weighted by Gasteiger charge is 2.30. The lowest BCUT2D eigenvalue weighted by atomic mass is 10.2. The number of piperazine rings is 1. The molecule has 1 amide bonds. The van der Waals surface area contributed by atoms with E-state index in [9.17, 15) is 9.59 Å². The number of hydrogen-bond donors (Lipinski definition) is 2. The highest BCUT2D eigenvalue weighted by molar-refractivity contribution is 5.85. The number of likely N-dealkylation sites (N-methyl/N-ethyl adjacent to an activating group) is 1. The normalized spacial score (nSPS) is 19.7. The third kappa shape index (κ3) is 2.21. The number of carbonyl (C=O) groups excluding carboxylic acids is 1. The first-order valence-corrected chi connectivity index (χ1v) is 5.85. The molecule has 1 atom stereocenters. The Bertz CT molecular complexity index is 498. The van der Waals surface area contributed by atoms with Crippen molar-refractivity contribution in [3.05, 3.63) is 22.7 Å². The third-order valence-electron chi connectivity index (χ3n) is 3.06. The van der Waals surface area contributed by atoms with Crippen LogP contribution in [-0.4, -0.2) is 48.2 Å². The molecule has 1 aromatic heterocycles. The minimum absolute atomic E-state index is 0.116. The third-order valence-corrected chi connectivity index (χ3v) is 3.06. The van der Waals surface area contributed by atoms with E-state index in [1.807, 2.05) is 0 Å². The first-order valence-electron chi connectivity index (χ1n) is 5.85. The van der Waals surface area contributed by atoms with Gasteiger partial charge in [-0.1, -0.05) is 0 Å². The Morgan fingerprint density at radius 2 is 2.39 bits per heavy atom. The second-order valence-corrected chi connectivity index (χ2v) is 4.19. The van der Waals surface area contributed by atoms with Gasteiger partial charge in [0.15, 0.2) is 5.82 Å². The summed E-state index contributed by atoms with van der Waals surface area (Å²) in [6.07, 6.45) is 3.17. The molecule has 98 valence electrons. The van der Waals surface area contributed by atoms with Crippen LogP contribution in [0.25, 0.3) is 0 Å². The molecule has 0 aliphatic carbocycles. The molecule has 0 aromatic carbocycles. The number of nitrogens with one attached hydrogen (secondary N) is 2. The van der Waals surface area contributed by atoms with Gasteiger partial charge in [-0.05, 0) is 0 Å². The molecule has 0 bridgehead atoms. The molecule has 1 aliphatic rings. The Balaban J connectivity index is 2.37. The molecule has 0 spiro atoms. The number of rotatable bonds is 2. The van der Waals surface area contributed by atoms with Crippen LogP contribution in [0.3, 0.4) is 0 Å². The SMILES string of the molecule is CNC(=O)C1CNCCN1c1nccn(C)c1=O. The number of aromatic nitrogens is 2. The van der Waals surface area contributed by atoms with Crippen molar-refractivity contribution in [2.24, 2.45) is 7.05 Å². The highest BCUT2D eigenvalue weighted by Crippen LogP contribution is 2.10. The van der Waals surface area contributed by atoms with Gasteiger partial charge < -0.3 is 20.1 Å². The van der Waals surface area contributed by atoms with Crippen LogP contribution in [0.1, 0.15) is 0 Å². The van der Waals surface area contributed by atoms with Crippen molar-refractivity contribution in [1.29, 1.82) is 0 Å². The molecule has 1 saturated heterocycles. The van der Waals surface area contributed by atoms with Crippen LogP contribution in [-0.2, 0) is 11.8 Å². The van der Waals surface area contributed by atoms with Crippen molar-refractivity contribution in [3.63, 3.8) is 0 Å². The van der Waals surface area contributed by atoms with Crippen LogP contribution < -0.4 is 21.1 Å². The van der Waals surface area contributed by atoms with Gasteiger partial charge >= 0.3 is 0 Å². The summed E-state index contributed by atoms with van der Waals surface area (Å²) in [6, 6.07) is -0.397. The molecule has 2 rings (SSSR count). The lowest BCUT2D eigenvalue weighted by molar-refractivity contribution is -0.122. The average Bonchev–Trinajstić information content (AvgIpc) is 2.41. The first-order chi connectivity index (χ1) is 8.65. The number of amides is 1. The summed E-state index contributed by atoms with van der Waals surface area (Å²) in [4.78, 5) is 29.7. The Morgan fingerprint density at radius 3 is 3.11 bits per heavy atom. The van der Waals surface area contributed by atoms with Crippen molar-refractivity contribution in [1.82, 2.24) is 20.2 Å². The minimum Gasteiger partial charge on any atom is -0.357 e. The summed E-state index contributed by atoms with van der Waals surface area (Å²) in [5, 5.41) is 5.76. The minimum atomic E-state index is -0.397. The number of aryl methyl sites for hydroxylation is 1. The van der Waals surface area contributed by atoms with Gasteiger partial charge in [0, 0.05) is 46.1 Å². The molecular formula is C11H17N5O2. The van der Waals surface area contributed by atoms with Gasteiger partial charge in [-0.25, -0.2) is 4.98 Å². The lowest BCUT2D eigenvalue weighted by Crippen LogP contribution is -2.59. The van der Waals surface area contributed by atoms with Crippen LogP contribution in [0.4, 0.5) is 5.82 Å². The predicted octanol–water partition coefficient (Wildman–Crippen LogP) is -1.70. The smallest absolute Gasteiger partial charge is 0.293 e. The number of nitrogens with zero attached hydrogens (tertiary/aromatic N) is 3. The van der Waals surface area contributed by atoms with Crippen molar-refractivity contribution < 1.29 is 4.79 Å². The zero-order chi connectivity index (χ0) is 13.1. The van der Waals surface area contributed by atoms with E-state index in [-0.39, 0.29) is 11.5 Å². The summed E-state index contributed by atoms with van der Waals surface area (Å²) in [5.74, 6) is 0.213. The van der Waals surface area contributed by atoms with Crippen LogP contribution in [0, 0.1) is 0 Å². The number of carbonyl (C=O) groups is 1. The largest absolute Gasteiger partial charge is 0.357 e. The van der Waals surface area contributed by atoms with Crippen molar-refractivity contribution in [3.8, 4) is 0 Å². The van der Waals surface area contributed by atoms with E-state index in [2.05, 4.69) is 15.6 Å². The molecule has 0 radical (unpaired) electrons. The molecule has 1 fully saturated rings. The van der Waals surface area contributed by atoms with Crippen molar-refractivity contribution in [2.75, 3.05) is 31.6 Å². The maximum Gasteiger partial charge on any atom is 0.293 e. The second kappa shape index (κ2) is 5.18. The van der Waals surface area contributed by atoms with Crippen molar-refractivity contribution in [2.45, 2.75) is 6.04 Å². The molecule has 1 aliphatic heterocycles. The lowest BCUT2D eigenvalue weighted by Gasteiger charge is -2.35. The van der Waals surface area contributed by atoms with Gasteiger partial charge in [-0.3, -0.25) is 9.59 Å². The van der Waals surface area contributed by atoms with Gasteiger partial charge in [0.25, 0.3) is 5.56 Å². The fourth-order valence-electron chi connectivity index (χ4n) is 2.04. The van der Waals surface area contributed by atoms with Gasteiger partial charge in [0.1, 0.15) is 6.04 Å². The summed E-state index contributed by atoms with van der Waals surface area (Å²) in [5.41, 5.74) is -0.187. The van der Waals surface area contributed by atoms with E-state index in [0.717, 1.165) is 6.54 Å². The van der Waals surface area contributed by atoms with Gasteiger partial charge in [0.05, 0.1) is 0 Å². The maximum atomic E-state index is 12.0. The van der Waals surface area contributed by atoms with Crippen LogP contribution in [0.5, 0.6) is 0 Å². The molecule has 0 saturated carbocycles. The molecule has 1 aromatic rings. The molecule has 2 heterocycles.